The molecule has 2 aliphatic rings. The van der Waals surface area contributed by atoms with Crippen LogP contribution >= 0.6 is 0 Å². The van der Waals surface area contributed by atoms with E-state index in [0.29, 0.717) is 5.92 Å². The van der Waals surface area contributed by atoms with E-state index < -0.39 is 0 Å². The molecule has 0 fully saturated rings. The first-order valence-electron chi connectivity index (χ1n) is 19.3. The Bertz CT molecular complexity index is 2220. The molecule has 2 heterocycles. The maximum absolute atomic E-state index is 3.65. The van der Waals surface area contributed by atoms with Gasteiger partial charge >= 0.3 is 0 Å². The third-order valence-corrected chi connectivity index (χ3v) is 10.4. The number of rotatable bonds is 7. The fourth-order valence-corrected chi connectivity index (χ4v) is 7.05. The molecule has 0 aromatic heterocycles. The zero-order chi connectivity index (χ0) is 38.7. The van der Waals surface area contributed by atoms with E-state index >= 15 is 0 Å². The molecule has 278 valence electrons. The van der Waals surface area contributed by atoms with E-state index in [-0.39, 0.29) is 10.8 Å². The van der Waals surface area contributed by atoms with Gasteiger partial charge in [-0.15, -0.1) is 0 Å². The van der Waals surface area contributed by atoms with Gasteiger partial charge in [0.25, 0.3) is 0 Å². The molecule has 0 amide bonds. The van der Waals surface area contributed by atoms with Crippen LogP contribution in [0.15, 0.2) is 194 Å². The predicted molar refractivity (Wildman–Crippen MR) is 238 cm³/mol. The lowest BCUT2D eigenvalue weighted by molar-refractivity contribution is 0.671. The molecule has 0 bridgehead atoms. The summed E-state index contributed by atoms with van der Waals surface area (Å²) in [6.45, 7) is 13.1. The van der Waals surface area contributed by atoms with Crippen molar-refractivity contribution in [1.82, 2.24) is 0 Å². The molecule has 8 rings (SSSR count). The first-order chi connectivity index (χ1) is 26.7. The maximum atomic E-state index is 3.65. The quantitative estimate of drug-likeness (QED) is 0.124. The van der Waals surface area contributed by atoms with E-state index in [2.05, 4.69) is 182 Å². The van der Waals surface area contributed by atoms with Crippen molar-refractivity contribution in [3.8, 4) is 0 Å². The molecule has 4 nitrogen and oxygen atoms in total. The summed E-state index contributed by atoms with van der Waals surface area (Å²) in [5.41, 5.74) is 12.9. The van der Waals surface area contributed by atoms with E-state index in [1.54, 1.807) is 0 Å². The molecule has 6 aromatic rings. The Labute approximate surface area is 328 Å². The summed E-state index contributed by atoms with van der Waals surface area (Å²) in [5.74, 6) is 0.448. The largest absolute Gasteiger partial charge is 0.362 e. The Morgan fingerprint density at radius 2 is 0.945 bits per heavy atom. The van der Waals surface area contributed by atoms with Gasteiger partial charge in [-0.1, -0.05) is 135 Å². The highest BCUT2D eigenvalue weighted by Gasteiger charge is 2.34. The number of benzene rings is 6. The van der Waals surface area contributed by atoms with Crippen LogP contribution in [-0.4, -0.2) is 0 Å². The molecular formula is C51H54N4. The van der Waals surface area contributed by atoms with Gasteiger partial charge < -0.3 is 21.3 Å². The number of fused-ring (bicyclic) bond motifs is 2. The summed E-state index contributed by atoms with van der Waals surface area (Å²) in [6, 6.07) is 55.1. The van der Waals surface area contributed by atoms with Crippen molar-refractivity contribution in [2.24, 2.45) is 5.92 Å². The Balaban J connectivity index is 0.000000172. The van der Waals surface area contributed by atoms with Gasteiger partial charge in [0.05, 0.1) is 0 Å². The summed E-state index contributed by atoms with van der Waals surface area (Å²) in [5, 5.41) is 14.0. The van der Waals surface area contributed by atoms with Gasteiger partial charge in [-0.05, 0) is 123 Å². The van der Waals surface area contributed by atoms with Crippen LogP contribution in [0, 0.1) is 5.92 Å². The number of hydrogen-bond donors (Lipinski definition) is 4. The minimum Gasteiger partial charge on any atom is -0.362 e. The topological polar surface area (TPSA) is 48.1 Å². The lowest BCUT2D eigenvalue weighted by Gasteiger charge is -2.37. The van der Waals surface area contributed by atoms with Gasteiger partial charge in [0, 0.05) is 50.7 Å². The minimum absolute atomic E-state index is 0.143. The van der Waals surface area contributed by atoms with Gasteiger partial charge in [0.15, 0.2) is 0 Å². The molecule has 0 radical (unpaired) electrons. The zero-order valence-electron chi connectivity index (χ0n) is 33.0. The average Bonchev–Trinajstić information content (AvgIpc) is 3.23. The SMILES string of the molecule is C/C=C\C.CC(C)C1=CC(C)(c2ccccc2)c2cc(Nc3ccccc3)ccc2N1.CC1(c2ccccc2)C=CNc2ccc(Nc3ccccc3)cc21. The van der Waals surface area contributed by atoms with E-state index in [9.17, 15) is 0 Å². The first kappa shape index (κ1) is 38.5. The highest BCUT2D eigenvalue weighted by atomic mass is 14.9. The summed E-state index contributed by atoms with van der Waals surface area (Å²) >= 11 is 0. The van der Waals surface area contributed by atoms with Crippen LogP contribution in [0.3, 0.4) is 0 Å². The van der Waals surface area contributed by atoms with Crippen LogP contribution in [-0.2, 0) is 10.8 Å². The number of allylic oxidation sites excluding steroid dienone is 5. The summed E-state index contributed by atoms with van der Waals surface area (Å²) in [6.07, 6.45) is 10.7. The zero-order valence-corrected chi connectivity index (χ0v) is 33.0. The fourth-order valence-electron chi connectivity index (χ4n) is 7.05. The van der Waals surface area contributed by atoms with E-state index in [1.807, 2.05) is 68.6 Å². The molecule has 0 saturated heterocycles. The first-order valence-corrected chi connectivity index (χ1v) is 19.3. The molecule has 2 aliphatic heterocycles. The third-order valence-electron chi connectivity index (χ3n) is 10.4. The van der Waals surface area contributed by atoms with E-state index in [4.69, 9.17) is 0 Å². The second-order valence-electron chi connectivity index (χ2n) is 14.7. The van der Waals surface area contributed by atoms with Crippen molar-refractivity contribution in [1.29, 1.82) is 0 Å². The Morgan fingerprint density at radius 3 is 1.42 bits per heavy atom. The number of nitrogens with one attached hydrogen (secondary N) is 4. The highest BCUT2D eigenvalue weighted by Crippen LogP contribution is 2.45. The normalized spacial score (nSPS) is 17.8. The summed E-state index contributed by atoms with van der Waals surface area (Å²) in [7, 11) is 0. The Hall–Kier alpha value is -6.26. The smallest absolute Gasteiger partial charge is 0.0428 e. The molecule has 0 aliphatic carbocycles. The highest BCUT2D eigenvalue weighted by molar-refractivity contribution is 5.73. The van der Waals surface area contributed by atoms with Crippen molar-refractivity contribution in [2.75, 3.05) is 21.3 Å². The van der Waals surface area contributed by atoms with Crippen molar-refractivity contribution in [3.63, 3.8) is 0 Å². The van der Waals surface area contributed by atoms with E-state index in [1.165, 1.54) is 33.6 Å². The van der Waals surface area contributed by atoms with Crippen LogP contribution < -0.4 is 21.3 Å². The predicted octanol–water partition coefficient (Wildman–Crippen LogP) is 14.0. The van der Waals surface area contributed by atoms with Gasteiger partial charge in [-0.2, -0.15) is 0 Å². The lowest BCUT2D eigenvalue weighted by atomic mass is 9.72. The molecule has 0 saturated carbocycles. The van der Waals surface area contributed by atoms with Gasteiger partial charge in [0.2, 0.25) is 0 Å². The molecule has 2 unspecified atom stereocenters. The molecule has 4 N–H and O–H groups in total. The molecule has 6 aromatic carbocycles. The molecule has 55 heavy (non-hydrogen) atoms. The van der Waals surface area contributed by atoms with Crippen LogP contribution in [0.5, 0.6) is 0 Å². The summed E-state index contributed by atoms with van der Waals surface area (Å²) < 4.78 is 0. The fraction of sp³-hybridized carbons (Fsp3) is 0.176. The Morgan fingerprint density at radius 1 is 0.509 bits per heavy atom. The van der Waals surface area contributed by atoms with Gasteiger partial charge in [-0.25, -0.2) is 0 Å². The number of hydrogen-bond acceptors (Lipinski definition) is 4. The van der Waals surface area contributed by atoms with Crippen molar-refractivity contribution >= 4 is 34.1 Å². The molecule has 0 spiro atoms. The number of para-hydroxylation sites is 2. The van der Waals surface area contributed by atoms with Crippen molar-refractivity contribution in [3.05, 3.63) is 216 Å². The molecule has 4 heteroatoms. The second-order valence-corrected chi connectivity index (χ2v) is 14.7. The van der Waals surface area contributed by atoms with Crippen LogP contribution in [0.2, 0.25) is 0 Å². The summed E-state index contributed by atoms with van der Waals surface area (Å²) in [4.78, 5) is 0. The van der Waals surface area contributed by atoms with Gasteiger partial charge in [0.1, 0.15) is 0 Å². The average molecular weight is 723 g/mol. The molecular weight excluding hydrogens is 669 g/mol. The lowest BCUT2D eigenvalue weighted by Crippen LogP contribution is -2.29. The monoisotopic (exact) mass is 722 g/mol. The third kappa shape index (κ3) is 9.10. The van der Waals surface area contributed by atoms with Crippen LogP contribution in [0.1, 0.15) is 63.8 Å². The van der Waals surface area contributed by atoms with Crippen LogP contribution in [0.25, 0.3) is 0 Å². The van der Waals surface area contributed by atoms with Crippen LogP contribution in [0.4, 0.5) is 34.1 Å². The minimum atomic E-state index is -0.171. The Kier molecular flexibility index (Phi) is 12.4. The maximum Gasteiger partial charge on any atom is 0.0428 e. The standard InChI is InChI=1S/C25H26N2.C22H20N2.C4H8/c1-18(2)24-17-25(3,19-10-6-4-7-11-19)22-16-21(14-15-23(22)27-24)26-20-12-8-5-9-13-20;1-22(17-8-4-2-5-9-17)14-15-23-21-13-12-19(16-20(21)22)24-18-10-6-3-7-11-18;1-3-4-2/h4-18,26-27H,1-3H3;2-16,23-24H,1H3;3-4H,1-2H3/b;;4-3-. The van der Waals surface area contributed by atoms with Crippen molar-refractivity contribution in [2.45, 2.75) is 52.4 Å². The molecule has 2 atom stereocenters. The van der Waals surface area contributed by atoms with E-state index in [0.717, 1.165) is 28.4 Å². The van der Waals surface area contributed by atoms with Gasteiger partial charge in [-0.3, -0.25) is 0 Å². The number of anilines is 6. The second kappa shape index (κ2) is 17.7. The van der Waals surface area contributed by atoms with Crippen molar-refractivity contribution < 1.29 is 0 Å².